The van der Waals surface area contributed by atoms with Crippen molar-refractivity contribution in [2.45, 2.75) is 19.6 Å². The van der Waals surface area contributed by atoms with E-state index in [0.717, 1.165) is 30.8 Å². The van der Waals surface area contributed by atoms with E-state index in [1.807, 2.05) is 30.3 Å². The van der Waals surface area contributed by atoms with Gasteiger partial charge in [0.05, 0.1) is 5.02 Å². The predicted octanol–water partition coefficient (Wildman–Crippen LogP) is 5.87. The third-order valence-electron chi connectivity index (χ3n) is 4.91. The van der Waals surface area contributed by atoms with Crippen LogP contribution in [-0.4, -0.2) is 11.5 Å². The number of H-pyrrole nitrogens is 1. The summed E-state index contributed by atoms with van der Waals surface area (Å²) < 4.78 is 18.9. The Morgan fingerprint density at radius 3 is 2.62 bits per heavy atom. The number of aromatic nitrogens is 1. The molecule has 3 aromatic carbocycles. The molecule has 2 N–H and O–H groups in total. The van der Waals surface area contributed by atoms with Crippen molar-refractivity contribution in [1.82, 2.24) is 10.3 Å². The second-order valence-electron chi connectivity index (χ2n) is 6.95. The van der Waals surface area contributed by atoms with Gasteiger partial charge in [0.25, 0.3) is 0 Å². The third kappa shape index (κ3) is 4.97. The van der Waals surface area contributed by atoms with Crippen LogP contribution >= 0.6 is 11.6 Å². The smallest absolute Gasteiger partial charge is 0.124 e. The fourth-order valence-corrected chi connectivity index (χ4v) is 3.52. The van der Waals surface area contributed by atoms with Gasteiger partial charge >= 0.3 is 0 Å². The average Bonchev–Trinajstić information content (AvgIpc) is 3.15. The first-order chi connectivity index (χ1) is 14.2. The van der Waals surface area contributed by atoms with Crippen molar-refractivity contribution in [3.05, 3.63) is 100 Å². The van der Waals surface area contributed by atoms with Crippen LogP contribution in [0.3, 0.4) is 0 Å². The quantitative estimate of drug-likeness (QED) is 0.358. The van der Waals surface area contributed by atoms with Gasteiger partial charge < -0.3 is 15.0 Å². The summed E-state index contributed by atoms with van der Waals surface area (Å²) in [7, 11) is 0. The van der Waals surface area contributed by atoms with Gasteiger partial charge in [0, 0.05) is 29.2 Å². The zero-order chi connectivity index (χ0) is 20.1. The van der Waals surface area contributed by atoms with E-state index in [2.05, 4.69) is 34.7 Å². The number of fused-ring (bicyclic) bond motifs is 1. The highest BCUT2D eigenvalue weighted by Gasteiger charge is 2.04. The molecule has 148 valence electrons. The number of ether oxygens (including phenoxy) is 1. The molecule has 1 aromatic heterocycles. The Hall–Kier alpha value is -2.82. The highest BCUT2D eigenvalue weighted by atomic mass is 35.5. The molecule has 29 heavy (non-hydrogen) atoms. The van der Waals surface area contributed by atoms with E-state index in [-0.39, 0.29) is 5.82 Å². The van der Waals surface area contributed by atoms with Crippen molar-refractivity contribution in [3.63, 3.8) is 0 Å². The minimum atomic E-state index is -0.347. The van der Waals surface area contributed by atoms with Crippen LogP contribution in [0.4, 0.5) is 4.39 Å². The molecule has 0 aliphatic heterocycles. The Labute approximate surface area is 174 Å². The Morgan fingerprint density at radius 1 is 0.966 bits per heavy atom. The summed E-state index contributed by atoms with van der Waals surface area (Å²) in [4.78, 5) is 3.31. The Bertz CT molecular complexity index is 1090. The van der Waals surface area contributed by atoms with Gasteiger partial charge in [0.2, 0.25) is 0 Å². The fraction of sp³-hybridized carbons (Fsp3) is 0.167. The topological polar surface area (TPSA) is 37.0 Å². The molecule has 0 unspecified atom stereocenters. The maximum absolute atomic E-state index is 13.1. The molecule has 0 atom stereocenters. The standard InChI is InChI=1S/C24H22ClFN2O/c25-23-13-20(26)8-7-19(23)16-29-21-9-5-17(6-10-21)14-27-12-11-18-15-28-24-4-2-1-3-22(18)24/h1-10,13,15,27-28H,11-12,14,16H2. The molecule has 0 aliphatic carbocycles. The van der Waals surface area contributed by atoms with Crippen molar-refractivity contribution in [2.75, 3.05) is 6.54 Å². The van der Waals surface area contributed by atoms with Gasteiger partial charge in [0.15, 0.2) is 0 Å². The lowest BCUT2D eigenvalue weighted by atomic mass is 10.1. The second-order valence-corrected chi connectivity index (χ2v) is 7.36. The summed E-state index contributed by atoms with van der Waals surface area (Å²) in [5.74, 6) is 0.410. The fourth-order valence-electron chi connectivity index (χ4n) is 3.30. The van der Waals surface area contributed by atoms with Crippen molar-refractivity contribution in [1.29, 1.82) is 0 Å². The van der Waals surface area contributed by atoms with Crippen LogP contribution in [0.25, 0.3) is 10.9 Å². The Kier molecular flexibility index (Phi) is 6.13. The van der Waals surface area contributed by atoms with Gasteiger partial charge in [-0.05, 0) is 54.4 Å². The van der Waals surface area contributed by atoms with Gasteiger partial charge in [0.1, 0.15) is 18.2 Å². The van der Waals surface area contributed by atoms with Gasteiger partial charge in [-0.1, -0.05) is 48.0 Å². The second kappa shape index (κ2) is 9.12. The Balaban J connectivity index is 1.24. The largest absolute Gasteiger partial charge is 0.489 e. The van der Waals surface area contributed by atoms with E-state index < -0.39 is 0 Å². The lowest BCUT2D eigenvalue weighted by molar-refractivity contribution is 0.306. The molecule has 0 saturated heterocycles. The molecule has 4 rings (SSSR count). The molecule has 0 fully saturated rings. The number of halogens is 2. The zero-order valence-electron chi connectivity index (χ0n) is 15.9. The van der Waals surface area contributed by atoms with E-state index in [4.69, 9.17) is 16.3 Å². The van der Waals surface area contributed by atoms with Crippen LogP contribution in [0.15, 0.2) is 72.9 Å². The third-order valence-corrected chi connectivity index (χ3v) is 5.26. The first kappa shape index (κ1) is 19.5. The molecule has 1 heterocycles. The maximum atomic E-state index is 13.1. The molecular formula is C24H22ClFN2O. The monoisotopic (exact) mass is 408 g/mol. The van der Waals surface area contributed by atoms with E-state index in [0.29, 0.717) is 11.6 Å². The van der Waals surface area contributed by atoms with Gasteiger partial charge in [-0.25, -0.2) is 4.39 Å². The van der Waals surface area contributed by atoms with Crippen LogP contribution in [0.1, 0.15) is 16.7 Å². The van der Waals surface area contributed by atoms with Crippen molar-refractivity contribution in [3.8, 4) is 5.75 Å². The summed E-state index contributed by atoms with van der Waals surface area (Å²) in [5.41, 5.74) is 4.46. The lowest BCUT2D eigenvalue weighted by Crippen LogP contribution is -2.16. The van der Waals surface area contributed by atoms with Gasteiger partial charge in [-0.2, -0.15) is 0 Å². The molecule has 5 heteroatoms. The Morgan fingerprint density at radius 2 is 1.79 bits per heavy atom. The molecule has 0 saturated carbocycles. The van der Waals surface area contributed by atoms with Crippen molar-refractivity contribution >= 4 is 22.5 Å². The number of nitrogens with one attached hydrogen (secondary N) is 2. The van der Waals surface area contributed by atoms with E-state index in [1.165, 1.54) is 34.2 Å². The number of hydrogen-bond acceptors (Lipinski definition) is 2. The normalized spacial score (nSPS) is 11.1. The van der Waals surface area contributed by atoms with Crippen LogP contribution in [0.2, 0.25) is 5.02 Å². The van der Waals surface area contributed by atoms with Gasteiger partial charge in [-0.3, -0.25) is 0 Å². The van der Waals surface area contributed by atoms with Crippen molar-refractivity contribution in [2.24, 2.45) is 0 Å². The minimum absolute atomic E-state index is 0.307. The first-order valence-electron chi connectivity index (χ1n) is 9.60. The average molecular weight is 409 g/mol. The van der Waals surface area contributed by atoms with E-state index >= 15 is 0 Å². The van der Waals surface area contributed by atoms with Crippen LogP contribution < -0.4 is 10.1 Å². The first-order valence-corrected chi connectivity index (χ1v) is 9.98. The summed E-state index contributed by atoms with van der Waals surface area (Å²) in [6.07, 6.45) is 3.06. The lowest BCUT2D eigenvalue weighted by Gasteiger charge is -2.09. The summed E-state index contributed by atoms with van der Waals surface area (Å²) in [6, 6.07) is 20.6. The number of rotatable bonds is 8. The SMILES string of the molecule is Fc1ccc(COc2ccc(CNCCc3c[nH]c4ccccc34)cc2)c(Cl)c1. The van der Waals surface area contributed by atoms with Gasteiger partial charge in [-0.15, -0.1) is 0 Å². The van der Waals surface area contributed by atoms with Crippen LogP contribution in [0.5, 0.6) is 5.75 Å². The van der Waals surface area contributed by atoms with Crippen molar-refractivity contribution < 1.29 is 9.13 Å². The summed E-state index contributed by atoms with van der Waals surface area (Å²) in [6.45, 7) is 2.01. The summed E-state index contributed by atoms with van der Waals surface area (Å²) in [5, 5.41) is 5.15. The van der Waals surface area contributed by atoms with Crippen LogP contribution in [-0.2, 0) is 19.6 Å². The van der Waals surface area contributed by atoms with E-state index in [9.17, 15) is 4.39 Å². The maximum Gasteiger partial charge on any atom is 0.124 e. The molecule has 0 amide bonds. The predicted molar refractivity (Wildman–Crippen MR) is 116 cm³/mol. The van der Waals surface area contributed by atoms with Crippen LogP contribution in [0, 0.1) is 5.82 Å². The minimum Gasteiger partial charge on any atom is -0.489 e. The molecule has 0 radical (unpaired) electrons. The molecule has 4 aromatic rings. The zero-order valence-corrected chi connectivity index (χ0v) is 16.7. The number of para-hydroxylation sites is 1. The highest BCUT2D eigenvalue weighted by molar-refractivity contribution is 6.31. The molecule has 3 nitrogen and oxygen atoms in total. The molecule has 0 spiro atoms. The number of aromatic amines is 1. The van der Waals surface area contributed by atoms with E-state index in [1.54, 1.807) is 6.07 Å². The number of hydrogen-bond donors (Lipinski definition) is 2. The summed E-state index contributed by atoms with van der Waals surface area (Å²) >= 11 is 6.03. The molecular weight excluding hydrogens is 387 g/mol. The number of benzene rings is 3. The highest BCUT2D eigenvalue weighted by Crippen LogP contribution is 2.21. The molecule has 0 aliphatic rings. The molecule has 0 bridgehead atoms.